The van der Waals surface area contributed by atoms with E-state index in [2.05, 4.69) is 45.2 Å². The maximum atomic E-state index is 6.38. The van der Waals surface area contributed by atoms with Gasteiger partial charge in [0.2, 0.25) is 11.9 Å². The predicted octanol–water partition coefficient (Wildman–Crippen LogP) is 1.94. The molecule has 1 aromatic heterocycles. The first-order valence-corrected chi connectivity index (χ1v) is 9.10. The van der Waals surface area contributed by atoms with Gasteiger partial charge < -0.3 is 11.5 Å². The van der Waals surface area contributed by atoms with Gasteiger partial charge in [0.25, 0.3) is 0 Å². The molecular weight excluding hydrogens is 328 g/mol. The lowest BCUT2D eigenvalue weighted by Gasteiger charge is -2.46. The highest BCUT2D eigenvalue weighted by Gasteiger charge is 2.43. The minimum atomic E-state index is -0.441. The number of aryl methyl sites for hydroxylation is 1. The first-order chi connectivity index (χ1) is 12.6. The van der Waals surface area contributed by atoms with Crippen LogP contribution in [0.15, 0.2) is 40.8 Å². The summed E-state index contributed by atoms with van der Waals surface area (Å²) in [5.74, 6) is 0.684. The Morgan fingerprint density at radius 1 is 1.08 bits per heavy atom. The molecule has 1 aliphatic heterocycles. The van der Waals surface area contributed by atoms with Crippen LogP contribution in [-0.2, 0) is 6.42 Å². The van der Waals surface area contributed by atoms with E-state index in [0.717, 1.165) is 43.5 Å². The van der Waals surface area contributed by atoms with Crippen LogP contribution in [0.4, 0.5) is 5.69 Å². The highest BCUT2D eigenvalue weighted by molar-refractivity contribution is 6.06. The van der Waals surface area contributed by atoms with Gasteiger partial charge in [0.15, 0.2) is 0 Å². The van der Waals surface area contributed by atoms with Crippen molar-refractivity contribution in [2.45, 2.75) is 51.1 Å². The second-order valence-corrected chi connectivity index (χ2v) is 6.85. The summed E-state index contributed by atoms with van der Waals surface area (Å²) in [5, 5.41) is 7.81. The van der Waals surface area contributed by atoms with Crippen molar-refractivity contribution in [1.82, 2.24) is 14.8 Å². The molecule has 8 nitrogen and oxygen atoms in total. The fraction of sp³-hybridized carbons (Fsp3) is 0.444. The molecule has 26 heavy (non-hydrogen) atoms. The van der Waals surface area contributed by atoms with Gasteiger partial charge >= 0.3 is 0 Å². The molecule has 1 fully saturated rings. The number of nitrogens with two attached hydrogens (primary N) is 2. The molecule has 4 N–H and O–H groups in total. The van der Waals surface area contributed by atoms with Crippen LogP contribution in [0.5, 0.6) is 0 Å². The number of aromatic nitrogens is 3. The van der Waals surface area contributed by atoms with Gasteiger partial charge in [0.1, 0.15) is 18.3 Å². The Kier molecular flexibility index (Phi) is 4.10. The van der Waals surface area contributed by atoms with Crippen molar-refractivity contribution in [3.8, 4) is 5.69 Å². The molecule has 2 aromatic rings. The molecule has 2 aliphatic rings. The summed E-state index contributed by atoms with van der Waals surface area (Å²) >= 11 is 0. The first-order valence-electron chi connectivity index (χ1n) is 9.10. The molecule has 0 bridgehead atoms. The average molecular weight is 352 g/mol. The van der Waals surface area contributed by atoms with Crippen molar-refractivity contribution >= 4 is 17.6 Å². The third-order valence-corrected chi connectivity index (χ3v) is 5.26. The maximum Gasteiger partial charge on any atom is 0.220 e. The van der Waals surface area contributed by atoms with E-state index >= 15 is 0 Å². The summed E-state index contributed by atoms with van der Waals surface area (Å²) in [6, 6.07) is 6.29. The van der Waals surface area contributed by atoms with Gasteiger partial charge in [0, 0.05) is 0 Å². The number of benzene rings is 1. The van der Waals surface area contributed by atoms with Crippen molar-refractivity contribution in [2.24, 2.45) is 21.5 Å². The zero-order valence-corrected chi connectivity index (χ0v) is 15.0. The highest BCUT2D eigenvalue weighted by Crippen LogP contribution is 2.41. The molecule has 4 rings (SSSR count). The monoisotopic (exact) mass is 352 g/mol. The Morgan fingerprint density at radius 3 is 2.50 bits per heavy atom. The smallest absolute Gasteiger partial charge is 0.220 e. The quantitative estimate of drug-likeness (QED) is 0.877. The van der Waals surface area contributed by atoms with Crippen LogP contribution in [0, 0.1) is 0 Å². The molecule has 0 atom stereocenters. The topological polar surface area (TPSA) is 111 Å². The number of guanidine groups is 2. The summed E-state index contributed by atoms with van der Waals surface area (Å²) in [7, 11) is 0. The SMILES string of the molecule is CCc1ccc(-n2cnnc2)cc1N1C(N)=NC(N)=NC12CCCCC2. The molecule has 0 saturated heterocycles. The van der Waals surface area contributed by atoms with Crippen LogP contribution < -0.4 is 16.4 Å². The van der Waals surface area contributed by atoms with Gasteiger partial charge in [-0.1, -0.05) is 19.4 Å². The van der Waals surface area contributed by atoms with Gasteiger partial charge in [-0.15, -0.1) is 10.2 Å². The molecule has 1 spiro atoms. The zero-order valence-electron chi connectivity index (χ0n) is 15.0. The van der Waals surface area contributed by atoms with E-state index in [1.165, 1.54) is 12.0 Å². The Hall–Kier alpha value is -2.90. The van der Waals surface area contributed by atoms with Gasteiger partial charge in [-0.2, -0.15) is 4.99 Å². The molecule has 1 saturated carbocycles. The van der Waals surface area contributed by atoms with Crippen LogP contribution >= 0.6 is 0 Å². The maximum absolute atomic E-state index is 6.38. The van der Waals surface area contributed by atoms with Crippen LogP contribution in [0.2, 0.25) is 0 Å². The van der Waals surface area contributed by atoms with Crippen LogP contribution in [0.3, 0.4) is 0 Å². The second-order valence-electron chi connectivity index (χ2n) is 6.85. The summed E-state index contributed by atoms with van der Waals surface area (Å²) in [5.41, 5.74) is 15.1. The average Bonchev–Trinajstić information content (AvgIpc) is 3.16. The lowest BCUT2D eigenvalue weighted by atomic mass is 9.86. The Morgan fingerprint density at radius 2 is 1.81 bits per heavy atom. The van der Waals surface area contributed by atoms with Crippen molar-refractivity contribution in [3.05, 3.63) is 36.4 Å². The number of rotatable bonds is 3. The fourth-order valence-corrected chi connectivity index (χ4v) is 4.02. The van der Waals surface area contributed by atoms with Crippen LogP contribution in [0.25, 0.3) is 5.69 Å². The van der Waals surface area contributed by atoms with Crippen LogP contribution in [0.1, 0.15) is 44.6 Å². The molecule has 0 radical (unpaired) electrons. The lowest BCUT2D eigenvalue weighted by Crippen LogP contribution is -2.58. The van der Waals surface area contributed by atoms with E-state index in [1.54, 1.807) is 12.7 Å². The highest BCUT2D eigenvalue weighted by atomic mass is 15.4. The lowest BCUT2D eigenvalue weighted by molar-refractivity contribution is 0.305. The molecule has 1 aromatic carbocycles. The van der Waals surface area contributed by atoms with E-state index in [1.807, 2.05) is 4.57 Å². The predicted molar refractivity (Wildman–Crippen MR) is 102 cm³/mol. The molecule has 0 unspecified atom stereocenters. The normalized spacial score (nSPS) is 19.3. The minimum Gasteiger partial charge on any atom is -0.369 e. The van der Waals surface area contributed by atoms with Crippen molar-refractivity contribution in [1.29, 1.82) is 0 Å². The summed E-state index contributed by atoms with van der Waals surface area (Å²) in [6.07, 6.45) is 9.52. The van der Waals surface area contributed by atoms with Crippen LogP contribution in [-0.4, -0.2) is 32.3 Å². The Labute approximate surface area is 152 Å². The van der Waals surface area contributed by atoms with E-state index in [9.17, 15) is 0 Å². The van der Waals surface area contributed by atoms with E-state index in [-0.39, 0.29) is 5.96 Å². The molecule has 136 valence electrons. The summed E-state index contributed by atoms with van der Waals surface area (Å²) in [6.45, 7) is 2.14. The number of aliphatic imine (C=N–C) groups is 2. The second kappa shape index (κ2) is 6.44. The first kappa shape index (κ1) is 16.6. The number of hydrogen-bond acceptors (Lipinski definition) is 7. The number of hydrogen-bond donors (Lipinski definition) is 2. The minimum absolute atomic E-state index is 0.272. The van der Waals surface area contributed by atoms with Crippen molar-refractivity contribution in [2.75, 3.05) is 4.90 Å². The molecule has 8 heteroatoms. The number of anilines is 1. The third kappa shape index (κ3) is 2.71. The molecule has 2 heterocycles. The summed E-state index contributed by atoms with van der Waals surface area (Å²) in [4.78, 5) is 11.1. The van der Waals surface area contributed by atoms with Gasteiger partial charge in [0.05, 0.1) is 11.4 Å². The molecule has 1 aliphatic carbocycles. The zero-order chi connectivity index (χ0) is 18.1. The number of nitrogens with zero attached hydrogens (tertiary/aromatic N) is 6. The van der Waals surface area contributed by atoms with Crippen molar-refractivity contribution in [3.63, 3.8) is 0 Å². The molecular formula is C18H24N8. The molecule has 0 amide bonds. The van der Waals surface area contributed by atoms with Gasteiger partial charge in [-0.25, -0.2) is 4.99 Å². The Balaban J connectivity index is 1.86. The van der Waals surface area contributed by atoms with E-state index in [0.29, 0.717) is 5.96 Å². The van der Waals surface area contributed by atoms with Crippen molar-refractivity contribution < 1.29 is 0 Å². The van der Waals surface area contributed by atoms with E-state index < -0.39 is 5.66 Å². The largest absolute Gasteiger partial charge is 0.369 e. The van der Waals surface area contributed by atoms with Gasteiger partial charge in [-0.3, -0.25) is 9.47 Å². The standard InChI is InChI=1S/C18H24N8/c1-2-13-6-7-14(25-11-21-22-12-25)10-15(13)26-17(20)23-16(19)24-18(26)8-4-3-5-9-18/h6-7,10-12H,2-5,8-9H2,1H3,(H4,19,20,23,24). The van der Waals surface area contributed by atoms with E-state index in [4.69, 9.17) is 16.5 Å². The Bertz CT molecular complexity index is 846. The third-order valence-electron chi connectivity index (χ3n) is 5.26. The fourth-order valence-electron chi connectivity index (χ4n) is 4.02. The van der Waals surface area contributed by atoms with Gasteiger partial charge in [-0.05, 0) is 49.8 Å². The summed E-state index contributed by atoms with van der Waals surface area (Å²) < 4.78 is 1.88.